The number of esters is 1. The molecule has 5 atom stereocenters. The lowest BCUT2D eigenvalue weighted by atomic mass is 9.97. The average molecular weight is 429 g/mol. The highest BCUT2D eigenvalue weighted by atomic mass is 19.4. The zero-order valence-corrected chi connectivity index (χ0v) is 16.0. The van der Waals surface area contributed by atoms with Crippen LogP contribution in [0.2, 0.25) is 0 Å². The number of alkyl halides is 3. The van der Waals surface area contributed by atoms with Gasteiger partial charge in [-0.1, -0.05) is 11.6 Å². The first-order chi connectivity index (χ1) is 14.2. The molecule has 0 aliphatic carbocycles. The van der Waals surface area contributed by atoms with Gasteiger partial charge in [0.1, 0.15) is 18.0 Å². The molecule has 2 saturated heterocycles. The predicted molar refractivity (Wildman–Crippen MR) is 94.4 cm³/mol. The molecule has 1 aromatic carbocycles. The number of ether oxygens (including phenoxy) is 4. The minimum absolute atomic E-state index is 0.0158. The Morgan fingerprint density at radius 1 is 1.13 bits per heavy atom. The van der Waals surface area contributed by atoms with Crippen LogP contribution in [0.1, 0.15) is 16.7 Å². The summed E-state index contributed by atoms with van der Waals surface area (Å²) in [5.74, 6) is -1.11. The molecule has 0 aromatic heterocycles. The van der Waals surface area contributed by atoms with Gasteiger partial charge in [-0.05, 0) is 31.6 Å². The van der Waals surface area contributed by atoms with E-state index in [0.29, 0.717) is 11.1 Å². The maximum absolute atomic E-state index is 13.6. The van der Waals surface area contributed by atoms with Crippen LogP contribution in [0.4, 0.5) is 13.2 Å². The van der Waals surface area contributed by atoms with Gasteiger partial charge in [0.05, 0.1) is 18.8 Å². The summed E-state index contributed by atoms with van der Waals surface area (Å²) >= 11 is 0. The molecule has 0 N–H and O–H groups in total. The number of hydrogen-bond acceptors (Lipinski definition) is 8. The van der Waals surface area contributed by atoms with Crippen LogP contribution in [0.3, 0.4) is 0 Å². The van der Waals surface area contributed by atoms with E-state index >= 15 is 0 Å². The number of carbonyl (C=O) groups is 1. The van der Waals surface area contributed by atoms with Crippen LogP contribution in [0.15, 0.2) is 23.0 Å². The van der Waals surface area contributed by atoms with Crippen LogP contribution < -0.4 is 4.74 Å². The van der Waals surface area contributed by atoms with Gasteiger partial charge in [0.25, 0.3) is 0 Å². The Labute approximate surface area is 168 Å². The Bertz CT molecular complexity index is 901. The third kappa shape index (κ3) is 3.63. The molecule has 162 valence electrons. The van der Waals surface area contributed by atoms with Gasteiger partial charge in [0.2, 0.25) is 6.10 Å². The molecule has 0 amide bonds. The van der Waals surface area contributed by atoms with E-state index in [1.54, 1.807) is 26.0 Å². The monoisotopic (exact) mass is 429 g/mol. The van der Waals surface area contributed by atoms with Gasteiger partial charge in [0, 0.05) is 5.56 Å². The van der Waals surface area contributed by atoms with Crippen LogP contribution in [-0.4, -0.2) is 55.9 Å². The van der Waals surface area contributed by atoms with Gasteiger partial charge in [-0.3, -0.25) is 0 Å². The molecule has 1 unspecified atom stereocenters. The minimum Gasteiger partial charge on any atom is -0.475 e. The normalized spacial score (nSPS) is 30.0. The standard InChI is InChI=1S/C19H18F3NO7/c1-8-3-9(2)14-10(4-8)5-11(17(29-14)19(20,21)22)18(24)28-12-6-26-16-13(30-23-25)7-27-15(12)16/h3-5,12-13,15-17H,6-7H2,1-2H3/t12-,13+,15+,16+,17?/m0/s1. The lowest BCUT2D eigenvalue weighted by Crippen LogP contribution is -2.42. The van der Waals surface area contributed by atoms with Crippen molar-refractivity contribution < 1.29 is 41.8 Å². The third-order valence-electron chi connectivity index (χ3n) is 5.21. The number of benzene rings is 1. The molecule has 3 heterocycles. The van der Waals surface area contributed by atoms with Gasteiger partial charge in [-0.2, -0.15) is 13.2 Å². The largest absolute Gasteiger partial charge is 0.475 e. The van der Waals surface area contributed by atoms with Crippen molar-refractivity contribution in [2.75, 3.05) is 13.2 Å². The fraction of sp³-hybridized carbons (Fsp3) is 0.526. The first-order valence-corrected chi connectivity index (χ1v) is 9.18. The second kappa shape index (κ2) is 7.55. The van der Waals surface area contributed by atoms with Crippen molar-refractivity contribution in [2.24, 2.45) is 5.34 Å². The van der Waals surface area contributed by atoms with Gasteiger partial charge in [-0.15, -0.1) is 4.91 Å². The van der Waals surface area contributed by atoms with E-state index in [-0.39, 0.29) is 19.0 Å². The van der Waals surface area contributed by atoms with E-state index in [0.717, 1.165) is 11.6 Å². The van der Waals surface area contributed by atoms with Crippen molar-refractivity contribution in [3.63, 3.8) is 0 Å². The highest BCUT2D eigenvalue weighted by Crippen LogP contribution is 2.40. The lowest BCUT2D eigenvalue weighted by molar-refractivity contribution is -0.189. The summed E-state index contributed by atoms with van der Waals surface area (Å²) in [4.78, 5) is 27.6. The Morgan fingerprint density at radius 2 is 1.80 bits per heavy atom. The van der Waals surface area contributed by atoms with Gasteiger partial charge in [0.15, 0.2) is 17.5 Å². The summed E-state index contributed by atoms with van der Waals surface area (Å²) in [6, 6.07) is 3.33. The summed E-state index contributed by atoms with van der Waals surface area (Å²) in [6.07, 6.45) is -9.35. The number of halogens is 3. The molecule has 2 fully saturated rings. The van der Waals surface area contributed by atoms with Gasteiger partial charge in [-0.25, -0.2) is 4.79 Å². The molecule has 8 nitrogen and oxygen atoms in total. The molecule has 4 rings (SSSR count). The van der Waals surface area contributed by atoms with Gasteiger partial charge < -0.3 is 23.8 Å². The third-order valence-corrected chi connectivity index (χ3v) is 5.21. The Balaban J connectivity index is 1.58. The highest BCUT2D eigenvalue weighted by molar-refractivity contribution is 5.96. The highest BCUT2D eigenvalue weighted by Gasteiger charge is 2.53. The van der Waals surface area contributed by atoms with Crippen molar-refractivity contribution in [1.29, 1.82) is 0 Å². The van der Waals surface area contributed by atoms with Crippen LogP contribution in [0, 0.1) is 18.8 Å². The van der Waals surface area contributed by atoms with E-state index < -0.39 is 48.2 Å². The average Bonchev–Trinajstić information content (AvgIpc) is 3.24. The Morgan fingerprint density at radius 3 is 2.47 bits per heavy atom. The number of aryl methyl sites for hydroxylation is 2. The van der Waals surface area contributed by atoms with E-state index in [1.165, 1.54) is 0 Å². The summed E-state index contributed by atoms with van der Waals surface area (Å²) in [5.41, 5.74) is 1.04. The molecule has 0 saturated carbocycles. The van der Waals surface area contributed by atoms with E-state index in [4.69, 9.17) is 18.9 Å². The maximum atomic E-state index is 13.6. The lowest BCUT2D eigenvalue weighted by Gasteiger charge is -2.29. The van der Waals surface area contributed by atoms with E-state index in [1.807, 2.05) is 0 Å². The molecule has 30 heavy (non-hydrogen) atoms. The van der Waals surface area contributed by atoms with Crippen molar-refractivity contribution in [1.82, 2.24) is 0 Å². The second-order valence-electron chi connectivity index (χ2n) is 7.40. The van der Waals surface area contributed by atoms with Crippen molar-refractivity contribution in [3.8, 4) is 5.75 Å². The van der Waals surface area contributed by atoms with Crippen LogP contribution in [0.5, 0.6) is 5.75 Å². The minimum atomic E-state index is -4.83. The molecule has 3 aliphatic rings. The smallest absolute Gasteiger partial charge is 0.430 e. The van der Waals surface area contributed by atoms with Crippen molar-refractivity contribution in [2.45, 2.75) is 50.5 Å². The molecule has 0 spiro atoms. The van der Waals surface area contributed by atoms with E-state index in [2.05, 4.69) is 10.2 Å². The SMILES string of the molecule is Cc1cc(C)c2c(c1)C=C(C(=O)O[C@H]1CO[C@H]3[C@@H]1OC[C@H]3ON=O)C(C(F)(F)F)O2. The molecular weight excluding hydrogens is 411 g/mol. The quantitative estimate of drug-likeness (QED) is 0.413. The number of nitrogens with zero attached hydrogens (tertiary/aromatic N) is 1. The molecule has 11 heteroatoms. The zero-order chi connectivity index (χ0) is 21.6. The first kappa shape index (κ1) is 20.6. The number of carbonyl (C=O) groups excluding carboxylic acids is 1. The summed E-state index contributed by atoms with van der Waals surface area (Å²) in [6.45, 7) is 3.29. The molecule has 0 radical (unpaired) electrons. The number of rotatable bonds is 4. The summed E-state index contributed by atoms with van der Waals surface area (Å²) in [5, 5.41) is 2.34. The fourth-order valence-electron chi connectivity index (χ4n) is 3.97. The van der Waals surface area contributed by atoms with Crippen molar-refractivity contribution >= 4 is 12.0 Å². The zero-order valence-electron chi connectivity index (χ0n) is 16.0. The van der Waals surface area contributed by atoms with Crippen LogP contribution in [-0.2, 0) is 23.8 Å². The molecular formula is C19H18F3NO7. The fourth-order valence-corrected chi connectivity index (χ4v) is 3.97. The summed E-state index contributed by atoms with van der Waals surface area (Å²) < 4.78 is 62.3. The van der Waals surface area contributed by atoms with E-state index in [9.17, 15) is 22.9 Å². The topological polar surface area (TPSA) is 92.7 Å². The second-order valence-corrected chi connectivity index (χ2v) is 7.40. The summed E-state index contributed by atoms with van der Waals surface area (Å²) in [7, 11) is 0. The Kier molecular flexibility index (Phi) is 5.18. The van der Waals surface area contributed by atoms with Crippen LogP contribution in [0.25, 0.3) is 6.08 Å². The molecule has 3 aliphatic heterocycles. The number of fused-ring (bicyclic) bond motifs is 2. The maximum Gasteiger partial charge on any atom is 0.430 e. The number of hydrogen-bond donors (Lipinski definition) is 0. The van der Waals surface area contributed by atoms with Crippen molar-refractivity contribution in [3.05, 3.63) is 39.3 Å². The first-order valence-electron chi connectivity index (χ1n) is 9.18. The van der Waals surface area contributed by atoms with Crippen LogP contribution >= 0.6 is 0 Å². The molecule has 0 bridgehead atoms. The predicted octanol–water partition coefficient (Wildman–Crippen LogP) is 2.79. The molecule has 1 aromatic rings. The Hall–Kier alpha value is -2.66. The van der Waals surface area contributed by atoms with Gasteiger partial charge >= 0.3 is 12.1 Å².